The Labute approximate surface area is 208 Å². The lowest BCUT2D eigenvalue weighted by molar-refractivity contribution is -0.121. The zero-order valence-corrected chi connectivity index (χ0v) is 21.3. The zero-order valence-electron chi connectivity index (χ0n) is 17.3. The van der Waals surface area contributed by atoms with Crippen LogP contribution in [0.1, 0.15) is 41.8 Å². The van der Waals surface area contributed by atoms with Crippen LogP contribution in [0.5, 0.6) is 0 Å². The number of rotatable bonds is 5. The molecule has 0 spiro atoms. The van der Waals surface area contributed by atoms with Gasteiger partial charge in [-0.2, -0.15) is 11.8 Å². The average Bonchev–Trinajstić information content (AvgIpc) is 3.36. The first kappa shape index (κ1) is 23.6. The Balaban J connectivity index is 1.49. The molecule has 0 radical (unpaired) electrons. The third-order valence-corrected chi connectivity index (χ3v) is 8.79. The first-order valence-electron chi connectivity index (χ1n) is 10.4. The quantitative estimate of drug-likeness (QED) is 0.523. The van der Waals surface area contributed by atoms with E-state index in [1.54, 1.807) is 40.9 Å². The van der Waals surface area contributed by atoms with Gasteiger partial charge >= 0.3 is 0 Å². The molecule has 0 bridgehead atoms. The van der Waals surface area contributed by atoms with Gasteiger partial charge in [0.25, 0.3) is 11.8 Å². The first-order valence-corrected chi connectivity index (χ1v) is 13.6. The van der Waals surface area contributed by atoms with E-state index < -0.39 is 5.54 Å². The molecule has 3 heterocycles. The lowest BCUT2D eigenvalue weighted by Gasteiger charge is -2.28. The number of carbonyl (C=O) groups is 3. The van der Waals surface area contributed by atoms with E-state index in [1.807, 2.05) is 6.07 Å². The average molecular weight is 557 g/mol. The number of carbonyl (C=O) groups excluding carboxylic acids is 3. The van der Waals surface area contributed by atoms with Gasteiger partial charge in [0.05, 0.1) is 19.4 Å². The van der Waals surface area contributed by atoms with Crippen molar-refractivity contribution in [1.29, 1.82) is 0 Å². The Morgan fingerprint density at radius 3 is 2.69 bits per heavy atom. The maximum absolute atomic E-state index is 13.3. The van der Waals surface area contributed by atoms with E-state index in [1.165, 1.54) is 11.3 Å². The van der Waals surface area contributed by atoms with Crippen molar-refractivity contribution in [2.75, 3.05) is 28.3 Å². The van der Waals surface area contributed by atoms with Gasteiger partial charge in [-0.1, -0.05) is 18.0 Å². The summed E-state index contributed by atoms with van der Waals surface area (Å²) in [6.45, 7) is 0.648. The van der Waals surface area contributed by atoms with Crippen molar-refractivity contribution < 1.29 is 14.4 Å². The normalized spacial score (nSPS) is 21.3. The third-order valence-electron chi connectivity index (χ3n) is 5.68. The first-order chi connectivity index (χ1) is 15.4. The van der Waals surface area contributed by atoms with Gasteiger partial charge in [0.1, 0.15) is 5.54 Å². The number of thioether (sulfide) groups is 1. The van der Waals surface area contributed by atoms with Crippen molar-refractivity contribution >= 4 is 79.7 Å². The van der Waals surface area contributed by atoms with Gasteiger partial charge in [-0.3, -0.25) is 14.4 Å². The molecule has 1 atom stereocenters. The third kappa shape index (κ3) is 5.16. The molecule has 3 amide bonds. The summed E-state index contributed by atoms with van der Waals surface area (Å²) < 4.78 is 0.861. The van der Waals surface area contributed by atoms with Gasteiger partial charge in [0.15, 0.2) is 0 Å². The molecule has 0 aliphatic carbocycles. The van der Waals surface area contributed by atoms with Crippen LogP contribution in [0.15, 0.2) is 34.1 Å². The van der Waals surface area contributed by atoms with Crippen molar-refractivity contribution in [3.05, 3.63) is 44.0 Å². The summed E-state index contributed by atoms with van der Waals surface area (Å²) in [5, 5.41) is 6.30. The van der Waals surface area contributed by atoms with Gasteiger partial charge in [-0.15, -0.1) is 11.3 Å². The molecule has 1 aromatic carbocycles. The molecule has 2 aliphatic heterocycles. The van der Waals surface area contributed by atoms with Crippen LogP contribution in [0.3, 0.4) is 0 Å². The highest BCUT2D eigenvalue weighted by atomic mass is 79.9. The number of nitrogens with one attached hydrogen (secondary N) is 2. The lowest BCUT2D eigenvalue weighted by atomic mass is 9.97. The molecule has 32 heavy (non-hydrogen) atoms. The fourth-order valence-corrected chi connectivity index (χ4v) is 6.80. The summed E-state index contributed by atoms with van der Waals surface area (Å²) in [6.07, 6.45) is 3.95. The molecule has 6 nitrogen and oxygen atoms in total. The summed E-state index contributed by atoms with van der Waals surface area (Å²) in [7, 11) is 0. The highest BCUT2D eigenvalue weighted by molar-refractivity contribution is 9.11. The Morgan fingerprint density at radius 2 is 2.00 bits per heavy atom. The summed E-state index contributed by atoms with van der Waals surface area (Å²) in [4.78, 5) is 40.7. The summed E-state index contributed by atoms with van der Waals surface area (Å²) in [5.41, 5.74) is 0.221. The molecular formula is C22H23BrClN3O3S2. The van der Waals surface area contributed by atoms with Gasteiger partial charge in [-0.05, 0) is 71.3 Å². The van der Waals surface area contributed by atoms with Gasteiger partial charge < -0.3 is 15.5 Å². The minimum Gasteiger partial charge on any atom is -0.336 e. The monoisotopic (exact) mass is 555 g/mol. The molecular weight excluding hydrogens is 534 g/mol. The van der Waals surface area contributed by atoms with Gasteiger partial charge in [-0.25, -0.2) is 0 Å². The van der Waals surface area contributed by atoms with Gasteiger partial charge in [0, 0.05) is 24.4 Å². The maximum Gasteiger partial charge on any atom is 0.262 e. The highest BCUT2D eigenvalue weighted by Gasteiger charge is 2.43. The van der Waals surface area contributed by atoms with Crippen molar-refractivity contribution in [1.82, 2.24) is 5.32 Å². The predicted octanol–water partition coefficient (Wildman–Crippen LogP) is 5.32. The van der Waals surface area contributed by atoms with Crippen LogP contribution in [0.25, 0.3) is 0 Å². The second kappa shape index (κ2) is 10.2. The number of hydrogen-bond acceptors (Lipinski definition) is 5. The number of halogens is 2. The number of benzene rings is 1. The molecule has 2 N–H and O–H groups in total. The highest BCUT2D eigenvalue weighted by Crippen LogP contribution is 2.34. The molecule has 0 saturated carbocycles. The Hall–Kier alpha value is -1.55. The number of nitrogens with zero attached hydrogens (tertiary/aromatic N) is 1. The fourth-order valence-electron chi connectivity index (χ4n) is 3.91. The number of anilines is 2. The molecule has 4 rings (SSSR count). The van der Waals surface area contributed by atoms with E-state index in [0.717, 1.165) is 28.8 Å². The molecule has 170 valence electrons. The van der Waals surface area contributed by atoms with Crippen molar-refractivity contribution in [3.8, 4) is 0 Å². The summed E-state index contributed by atoms with van der Waals surface area (Å²) >= 11 is 12.8. The molecule has 2 aromatic rings. The number of amides is 3. The molecule has 2 fully saturated rings. The predicted molar refractivity (Wildman–Crippen MR) is 135 cm³/mol. The summed E-state index contributed by atoms with van der Waals surface area (Å²) in [5.74, 6) is 0.850. The SMILES string of the molecule is O=C(N[C@]1(C(=O)Nc2ccc(N3CCCCCC3=O)c(Cl)c2)CCSC1)c1ccc(Br)s1. The van der Waals surface area contributed by atoms with Crippen LogP contribution in [-0.2, 0) is 9.59 Å². The molecule has 0 unspecified atom stereocenters. The van der Waals surface area contributed by atoms with E-state index in [2.05, 4.69) is 26.6 Å². The largest absolute Gasteiger partial charge is 0.336 e. The van der Waals surface area contributed by atoms with Crippen molar-refractivity contribution in [2.45, 2.75) is 37.6 Å². The zero-order chi connectivity index (χ0) is 22.7. The van der Waals surface area contributed by atoms with Crippen LogP contribution in [0.2, 0.25) is 5.02 Å². The molecule has 2 saturated heterocycles. The number of thiophene rings is 1. The Kier molecular flexibility index (Phi) is 7.49. The summed E-state index contributed by atoms with van der Waals surface area (Å²) in [6, 6.07) is 8.75. The van der Waals surface area contributed by atoms with Crippen LogP contribution in [0.4, 0.5) is 11.4 Å². The fraction of sp³-hybridized carbons (Fsp3) is 0.409. The van der Waals surface area contributed by atoms with Crippen LogP contribution >= 0.6 is 50.6 Å². The molecule has 1 aromatic heterocycles. The van der Waals surface area contributed by atoms with Gasteiger partial charge in [0.2, 0.25) is 5.91 Å². The second-order valence-corrected chi connectivity index (χ2v) is 11.9. The van der Waals surface area contributed by atoms with E-state index in [0.29, 0.717) is 46.4 Å². The second-order valence-electron chi connectivity index (χ2n) is 7.92. The van der Waals surface area contributed by atoms with Crippen molar-refractivity contribution in [3.63, 3.8) is 0 Å². The van der Waals surface area contributed by atoms with E-state index in [9.17, 15) is 14.4 Å². The Bertz CT molecular complexity index is 1040. The van der Waals surface area contributed by atoms with Crippen LogP contribution < -0.4 is 15.5 Å². The minimum atomic E-state index is -0.982. The van der Waals surface area contributed by atoms with Crippen LogP contribution in [-0.4, -0.2) is 41.3 Å². The van der Waals surface area contributed by atoms with E-state index in [-0.39, 0.29) is 17.7 Å². The molecule has 10 heteroatoms. The van der Waals surface area contributed by atoms with Crippen molar-refractivity contribution in [2.24, 2.45) is 0 Å². The standard InChI is InChI=1S/C22H23BrClN3O3S2/c23-18-8-7-17(32-18)20(29)26-22(9-11-31-13-22)21(30)25-14-5-6-16(15(24)12-14)27-10-3-1-2-4-19(27)28/h5-8,12H,1-4,9-11,13H2,(H,25,30)(H,26,29)/t22-/m1/s1. The smallest absolute Gasteiger partial charge is 0.262 e. The maximum atomic E-state index is 13.3. The number of hydrogen-bond donors (Lipinski definition) is 2. The van der Waals surface area contributed by atoms with Crippen LogP contribution in [0, 0.1) is 0 Å². The topological polar surface area (TPSA) is 78.5 Å². The van der Waals surface area contributed by atoms with E-state index in [4.69, 9.17) is 11.6 Å². The Morgan fingerprint density at radius 1 is 1.16 bits per heavy atom. The van der Waals surface area contributed by atoms with E-state index >= 15 is 0 Å². The lowest BCUT2D eigenvalue weighted by Crippen LogP contribution is -2.57. The molecule has 2 aliphatic rings. The minimum absolute atomic E-state index is 0.0750.